The van der Waals surface area contributed by atoms with Crippen molar-refractivity contribution in [1.82, 2.24) is 20.8 Å². The van der Waals surface area contributed by atoms with E-state index in [1.54, 1.807) is 0 Å². The highest BCUT2D eigenvalue weighted by atomic mass is 32.3. The second kappa shape index (κ2) is 6.83. The van der Waals surface area contributed by atoms with Gasteiger partial charge in [0.05, 0.1) is 25.9 Å². The van der Waals surface area contributed by atoms with E-state index in [1.165, 1.54) is 4.90 Å². The fraction of sp³-hybridized carbons (Fsp3) is 0.857. The summed E-state index contributed by atoms with van der Waals surface area (Å²) < 4.78 is 40.9. The largest absolute Gasteiger partial charge is 0.418 e. The first-order chi connectivity index (χ1) is 12.8. The van der Waals surface area contributed by atoms with Crippen molar-refractivity contribution >= 4 is 22.3 Å². The van der Waals surface area contributed by atoms with Crippen LogP contribution in [0.25, 0.3) is 0 Å². The van der Waals surface area contributed by atoms with Gasteiger partial charge in [0.2, 0.25) is 0 Å². The quantitative estimate of drug-likeness (QED) is 0.351. The van der Waals surface area contributed by atoms with Crippen molar-refractivity contribution in [2.75, 3.05) is 32.9 Å². The summed E-state index contributed by atoms with van der Waals surface area (Å²) in [4.78, 5) is 31.7. The van der Waals surface area contributed by atoms with Crippen LogP contribution in [-0.2, 0) is 29.1 Å². The van der Waals surface area contributed by atoms with Gasteiger partial charge in [-0.05, 0) is 25.8 Å². The Labute approximate surface area is 155 Å². The second-order valence-corrected chi connectivity index (χ2v) is 8.43. The molecular formula is C14H22N4O8S. The lowest BCUT2D eigenvalue weighted by atomic mass is 9.71. The monoisotopic (exact) mass is 406 g/mol. The van der Waals surface area contributed by atoms with Crippen molar-refractivity contribution in [3.63, 3.8) is 0 Å². The van der Waals surface area contributed by atoms with E-state index >= 15 is 0 Å². The molecule has 1 spiro atoms. The van der Waals surface area contributed by atoms with E-state index in [0.29, 0.717) is 11.7 Å². The van der Waals surface area contributed by atoms with Gasteiger partial charge < -0.3 is 15.0 Å². The van der Waals surface area contributed by atoms with Crippen molar-refractivity contribution in [3.8, 4) is 0 Å². The van der Waals surface area contributed by atoms with Crippen molar-refractivity contribution in [1.29, 1.82) is 0 Å². The Balaban J connectivity index is 1.44. The maximum Gasteiger partial charge on any atom is 0.418 e. The average Bonchev–Trinajstić information content (AvgIpc) is 3.16. The molecule has 12 nitrogen and oxygen atoms in total. The van der Waals surface area contributed by atoms with Crippen LogP contribution in [0.5, 0.6) is 0 Å². The number of hydrogen-bond donors (Lipinski definition) is 3. The minimum absolute atomic E-state index is 0.0972. The average molecular weight is 406 g/mol. The topological polar surface area (TPSA) is 147 Å². The third-order valence-corrected chi connectivity index (χ3v) is 5.99. The van der Waals surface area contributed by atoms with Crippen LogP contribution in [0.2, 0.25) is 0 Å². The standard InChI is InChI=1S/C14H22N4O8S/c19-12(16-25-6-9-2-1-3-15-9)10-4-14(7-24-8-14)11-5-17(10)13(20)18(11)26-27(21,22)23/h9-11,15H,1-8H2,(H,16,19)(H,21,22,23)/t9?,10-,11?/m0/s1. The second-order valence-electron chi connectivity index (χ2n) is 7.42. The third kappa shape index (κ3) is 3.50. The summed E-state index contributed by atoms with van der Waals surface area (Å²) in [5, 5.41) is 3.87. The zero-order valence-corrected chi connectivity index (χ0v) is 15.3. The molecule has 13 heteroatoms. The molecule has 3 N–H and O–H groups in total. The van der Waals surface area contributed by atoms with Crippen molar-refractivity contribution < 1.29 is 36.4 Å². The predicted octanol–water partition coefficient (Wildman–Crippen LogP) is -1.58. The normalized spacial score (nSPS) is 32.0. The zero-order valence-electron chi connectivity index (χ0n) is 14.5. The third-order valence-electron chi connectivity index (χ3n) is 5.65. The number of urea groups is 1. The van der Waals surface area contributed by atoms with Gasteiger partial charge in [0, 0.05) is 18.0 Å². The molecule has 27 heavy (non-hydrogen) atoms. The van der Waals surface area contributed by atoms with Crippen molar-refractivity contribution in [3.05, 3.63) is 0 Å². The van der Waals surface area contributed by atoms with Crippen LogP contribution in [0.3, 0.4) is 0 Å². The maximum atomic E-state index is 12.6. The number of carbonyl (C=O) groups excluding carboxylic acids is 2. The Bertz CT molecular complexity index is 721. The summed E-state index contributed by atoms with van der Waals surface area (Å²) in [6, 6.07) is -2.09. The van der Waals surface area contributed by atoms with Crippen molar-refractivity contribution in [2.45, 2.75) is 37.4 Å². The molecule has 2 bridgehead atoms. The number of nitrogens with one attached hydrogen (secondary N) is 2. The lowest BCUT2D eigenvalue weighted by molar-refractivity contribution is -0.194. The first kappa shape index (κ1) is 18.8. The van der Waals surface area contributed by atoms with Gasteiger partial charge >= 0.3 is 16.4 Å². The predicted molar refractivity (Wildman–Crippen MR) is 87.1 cm³/mol. The molecule has 4 rings (SSSR count). The van der Waals surface area contributed by atoms with E-state index in [4.69, 9.17) is 14.1 Å². The molecule has 4 fully saturated rings. The van der Waals surface area contributed by atoms with Gasteiger partial charge in [0.15, 0.2) is 0 Å². The molecular weight excluding hydrogens is 384 g/mol. The molecule has 0 saturated carbocycles. The fourth-order valence-corrected chi connectivity index (χ4v) is 4.58. The van der Waals surface area contributed by atoms with Gasteiger partial charge in [-0.25, -0.2) is 10.3 Å². The number of hydroxylamine groups is 3. The Morgan fingerprint density at radius 1 is 1.44 bits per heavy atom. The van der Waals surface area contributed by atoms with E-state index in [0.717, 1.165) is 19.4 Å². The lowest BCUT2D eigenvalue weighted by Crippen LogP contribution is -2.63. The number of nitrogens with zero attached hydrogens (tertiary/aromatic N) is 2. The number of hydrogen-bond acceptors (Lipinski definition) is 8. The first-order valence-electron chi connectivity index (χ1n) is 8.79. The van der Waals surface area contributed by atoms with E-state index in [-0.39, 0.29) is 32.2 Å². The van der Waals surface area contributed by atoms with Crippen LogP contribution in [-0.4, -0.2) is 85.9 Å². The number of ether oxygens (including phenoxy) is 1. The summed E-state index contributed by atoms with van der Waals surface area (Å²) in [5.41, 5.74) is 1.78. The van der Waals surface area contributed by atoms with Gasteiger partial charge in [0.25, 0.3) is 5.91 Å². The molecule has 0 radical (unpaired) electrons. The van der Waals surface area contributed by atoms with Gasteiger partial charge in [-0.1, -0.05) is 0 Å². The number of carbonyl (C=O) groups is 2. The Hall–Kier alpha value is -1.51. The number of fused-ring (bicyclic) bond motifs is 3. The highest BCUT2D eigenvalue weighted by Gasteiger charge is 2.63. The minimum atomic E-state index is -4.87. The summed E-state index contributed by atoms with van der Waals surface area (Å²) in [5.74, 6) is -0.486. The number of piperidine rings is 1. The molecule has 2 unspecified atom stereocenters. The SMILES string of the molecule is O=C(NOCC1CCCN1)[C@@H]1CC2(COC2)C2CN1C(=O)N2OS(=O)(=O)O. The molecule has 0 aromatic rings. The van der Waals surface area contributed by atoms with E-state index < -0.39 is 39.8 Å². The molecule has 4 aliphatic heterocycles. The molecule has 0 aliphatic carbocycles. The molecule has 3 amide bonds. The molecule has 152 valence electrons. The van der Waals surface area contributed by atoms with Gasteiger partial charge in [-0.15, -0.1) is 4.28 Å². The first-order valence-corrected chi connectivity index (χ1v) is 10.2. The highest BCUT2D eigenvalue weighted by Crippen LogP contribution is 2.47. The lowest BCUT2D eigenvalue weighted by Gasteiger charge is -2.50. The molecule has 4 heterocycles. The summed E-state index contributed by atoms with van der Waals surface area (Å²) in [7, 11) is -4.87. The highest BCUT2D eigenvalue weighted by molar-refractivity contribution is 7.80. The summed E-state index contributed by atoms with van der Waals surface area (Å²) >= 11 is 0. The zero-order chi connectivity index (χ0) is 19.2. The van der Waals surface area contributed by atoms with Crippen molar-refractivity contribution in [2.24, 2.45) is 5.41 Å². The summed E-state index contributed by atoms with van der Waals surface area (Å²) in [6.45, 7) is 1.86. The smallest absolute Gasteiger partial charge is 0.380 e. The minimum Gasteiger partial charge on any atom is -0.380 e. The van der Waals surface area contributed by atoms with Crippen LogP contribution in [0.15, 0.2) is 0 Å². The molecule has 0 aromatic carbocycles. The van der Waals surface area contributed by atoms with Crippen LogP contribution < -0.4 is 10.8 Å². The van der Waals surface area contributed by atoms with Gasteiger partial charge in [0.1, 0.15) is 6.04 Å². The molecule has 4 saturated heterocycles. The van der Waals surface area contributed by atoms with Crippen LogP contribution in [0.1, 0.15) is 19.3 Å². The maximum absolute atomic E-state index is 12.6. The van der Waals surface area contributed by atoms with Crippen LogP contribution in [0.4, 0.5) is 4.79 Å². The molecule has 4 aliphatic rings. The van der Waals surface area contributed by atoms with E-state index in [1.807, 2.05) is 0 Å². The Kier molecular flexibility index (Phi) is 4.76. The van der Waals surface area contributed by atoms with E-state index in [2.05, 4.69) is 15.1 Å². The molecule has 3 atom stereocenters. The Morgan fingerprint density at radius 2 is 2.22 bits per heavy atom. The fourth-order valence-electron chi connectivity index (χ4n) is 4.21. The number of amides is 3. The van der Waals surface area contributed by atoms with Gasteiger partial charge in [-0.3, -0.25) is 14.2 Å². The van der Waals surface area contributed by atoms with Crippen LogP contribution in [0, 0.1) is 5.41 Å². The van der Waals surface area contributed by atoms with E-state index in [9.17, 15) is 18.0 Å². The van der Waals surface area contributed by atoms with Gasteiger partial charge in [-0.2, -0.15) is 13.5 Å². The number of rotatable bonds is 6. The Morgan fingerprint density at radius 3 is 2.81 bits per heavy atom. The van der Waals surface area contributed by atoms with Crippen LogP contribution >= 0.6 is 0 Å². The summed E-state index contributed by atoms with van der Waals surface area (Å²) in [6.07, 6.45) is 2.31. The molecule has 0 aromatic heterocycles.